The van der Waals surface area contributed by atoms with Crippen LogP contribution in [0, 0.1) is 0 Å². The lowest BCUT2D eigenvalue weighted by molar-refractivity contribution is -0.116. The summed E-state index contributed by atoms with van der Waals surface area (Å²) >= 11 is 4.70. The Labute approximate surface area is 169 Å². The normalized spacial score (nSPS) is 10.7. The monoisotopic (exact) mass is 441 g/mol. The molecular formula is C20H16BrN3O2S. The van der Waals surface area contributed by atoms with Gasteiger partial charge in [0.25, 0.3) is 0 Å². The molecule has 0 fully saturated rings. The van der Waals surface area contributed by atoms with Crippen molar-refractivity contribution in [3.63, 3.8) is 0 Å². The number of hydrogen-bond donors (Lipinski definition) is 1. The highest BCUT2D eigenvalue weighted by Gasteiger charge is 2.17. The van der Waals surface area contributed by atoms with Crippen molar-refractivity contribution in [2.45, 2.75) is 6.92 Å². The molecule has 0 spiro atoms. The van der Waals surface area contributed by atoms with Gasteiger partial charge in [-0.1, -0.05) is 34.1 Å². The third-order valence-electron chi connectivity index (χ3n) is 3.55. The topological polar surface area (TPSA) is 62.3 Å². The van der Waals surface area contributed by atoms with E-state index < -0.39 is 0 Å². The molecular weight excluding hydrogens is 426 g/mol. The highest BCUT2D eigenvalue weighted by molar-refractivity contribution is 9.10. The summed E-state index contributed by atoms with van der Waals surface area (Å²) in [5.74, 6) is -0.377. The number of halogens is 1. The molecule has 0 bridgehead atoms. The van der Waals surface area contributed by atoms with Crippen LogP contribution in [0.3, 0.4) is 0 Å². The van der Waals surface area contributed by atoms with Crippen LogP contribution in [0.2, 0.25) is 0 Å². The fourth-order valence-electron chi connectivity index (χ4n) is 2.34. The van der Waals surface area contributed by atoms with Gasteiger partial charge in [0.2, 0.25) is 11.8 Å². The van der Waals surface area contributed by atoms with Crippen molar-refractivity contribution in [3.05, 3.63) is 76.2 Å². The van der Waals surface area contributed by atoms with Gasteiger partial charge in [-0.15, -0.1) is 11.3 Å². The molecule has 0 aliphatic carbocycles. The first-order chi connectivity index (χ1) is 13.0. The number of anilines is 3. The number of rotatable bonds is 5. The van der Waals surface area contributed by atoms with Gasteiger partial charge in [-0.25, -0.2) is 4.98 Å². The molecule has 0 atom stereocenters. The number of hydrogen-bond acceptors (Lipinski definition) is 4. The highest BCUT2D eigenvalue weighted by Crippen LogP contribution is 2.29. The summed E-state index contributed by atoms with van der Waals surface area (Å²) < 4.78 is 0.944. The van der Waals surface area contributed by atoms with Crippen LogP contribution >= 0.6 is 27.3 Å². The Morgan fingerprint density at radius 2 is 1.81 bits per heavy atom. The molecule has 1 aromatic heterocycles. The molecule has 0 saturated heterocycles. The van der Waals surface area contributed by atoms with E-state index in [0.717, 1.165) is 10.2 Å². The molecule has 1 heterocycles. The molecule has 1 N–H and O–H groups in total. The lowest BCUT2D eigenvalue weighted by atomic mass is 10.3. The van der Waals surface area contributed by atoms with Gasteiger partial charge in [0.15, 0.2) is 5.13 Å². The van der Waals surface area contributed by atoms with E-state index in [-0.39, 0.29) is 11.8 Å². The van der Waals surface area contributed by atoms with E-state index in [2.05, 4.69) is 26.2 Å². The molecule has 0 saturated carbocycles. The quantitative estimate of drug-likeness (QED) is 0.550. The number of thiazole rings is 1. The van der Waals surface area contributed by atoms with Crippen molar-refractivity contribution in [2.75, 3.05) is 10.2 Å². The summed E-state index contributed by atoms with van der Waals surface area (Å²) in [6.07, 6.45) is 3.04. The van der Waals surface area contributed by atoms with Crippen LogP contribution in [-0.2, 0) is 9.59 Å². The van der Waals surface area contributed by atoms with E-state index in [1.54, 1.807) is 28.5 Å². The molecule has 136 valence electrons. The molecule has 27 heavy (non-hydrogen) atoms. The SMILES string of the molecule is CC(=O)N(c1ccccc1)c1nc(C=CC(=O)Nc2ccc(Br)cc2)cs1. The van der Waals surface area contributed by atoms with Crippen molar-refractivity contribution in [1.82, 2.24) is 4.98 Å². The standard InChI is InChI=1S/C20H16BrN3O2S/c1-14(25)24(18-5-3-2-4-6-18)20-23-17(13-27-20)11-12-19(26)22-16-9-7-15(21)8-10-16/h2-13H,1H3,(H,22,26). The lowest BCUT2D eigenvalue weighted by Gasteiger charge is -2.17. The Kier molecular flexibility index (Phi) is 6.16. The van der Waals surface area contributed by atoms with Gasteiger partial charge in [0.05, 0.1) is 11.4 Å². The van der Waals surface area contributed by atoms with Crippen LogP contribution in [0.4, 0.5) is 16.5 Å². The molecule has 3 rings (SSSR count). The zero-order valence-corrected chi connectivity index (χ0v) is 16.8. The third-order valence-corrected chi connectivity index (χ3v) is 4.92. The van der Waals surface area contributed by atoms with Crippen LogP contribution in [-0.4, -0.2) is 16.8 Å². The minimum Gasteiger partial charge on any atom is -0.323 e. The number of carbonyl (C=O) groups excluding carboxylic acids is 2. The van der Waals surface area contributed by atoms with Gasteiger partial charge in [-0.2, -0.15) is 0 Å². The minimum absolute atomic E-state index is 0.126. The number of nitrogens with zero attached hydrogens (tertiary/aromatic N) is 2. The Balaban J connectivity index is 1.71. The molecule has 2 amide bonds. The van der Waals surface area contributed by atoms with Gasteiger partial charge in [0, 0.05) is 28.5 Å². The Morgan fingerprint density at radius 1 is 1.11 bits per heavy atom. The Bertz CT molecular complexity index is 968. The van der Waals surface area contributed by atoms with Crippen molar-refractivity contribution in [2.24, 2.45) is 0 Å². The molecule has 7 heteroatoms. The molecule has 0 unspecified atom stereocenters. The van der Waals surface area contributed by atoms with Crippen LogP contribution in [0.5, 0.6) is 0 Å². The summed E-state index contributed by atoms with van der Waals surface area (Å²) in [4.78, 5) is 30.1. The predicted molar refractivity (Wildman–Crippen MR) is 113 cm³/mol. The summed E-state index contributed by atoms with van der Waals surface area (Å²) in [5, 5.41) is 5.14. The minimum atomic E-state index is -0.252. The largest absolute Gasteiger partial charge is 0.323 e. The van der Waals surface area contributed by atoms with Gasteiger partial charge < -0.3 is 5.32 Å². The van der Waals surface area contributed by atoms with Crippen molar-refractivity contribution in [1.29, 1.82) is 0 Å². The number of aromatic nitrogens is 1. The molecule has 2 aromatic carbocycles. The maximum atomic E-state index is 12.1. The van der Waals surface area contributed by atoms with E-state index in [9.17, 15) is 9.59 Å². The zero-order chi connectivity index (χ0) is 19.2. The molecule has 3 aromatic rings. The molecule has 0 radical (unpaired) electrons. The molecule has 0 aliphatic heterocycles. The van der Waals surface area contributed by atoms with Crippen LogP contribution < -0.4 is 10.2 Å². The van der Waals surface area contributed by atoms with Crippen molar-refractivity contribution >= 4 is 61.7 Å². The third kappa shape index (κ3) is 5.12. The average Bonchev–Trinajstić information content (AvgIpc) is 3.11. The second kappa shape index (κ2) is 8.75. The number of amides is 2. The summed E-state index contributed by atoms with van der Waals surface area (Å²) in [7, 11) is 0. The van der Waals surface area contributed by atoms with E-state index in [1.807, 2.05) is 42.5 Å². The zero-order valence-electron chi connectivity index (χ0n) is 14.4. The van der Waals surface area contributed by atoms with Gasteiger partial charge in [0.1, 0.15) is 0 Å². The first-order valence-electron chi connectivity index (χ1n) is 8.09. The van der Waals surface area contributed by atoms with E-state index in [1.165, 1.54) is 24.3 Å². The van der Waals surface area contributed by atoms with E-state index in [0.29, 0.717) is 16.5 Å². The van der Waals surface area contributed by atoms with Crippen LogP contribution in [0.15, 0.2) is 70.5 Å². The maximum absolute atomic E-state index is 12.1. The molecule has 5 nitrogen and oxygen atoms in total. The smallest absolute Gasteiger partial charge is 0.248 e. The summed E-state index contributed by atoms with van der Waals surface area (Å²) in [6.45, 7) is 1.50. The van der Waals surface area contributed by atoms with Crippen LogP contribution in [0.25, 0.3) is 6.08 Å². The number of nitrogens with one attached hydrogen (secondary N) is 1. The predicted octanol–water partition coefficient (Wildman–Crippen LogP) is 5.24. The number of benzene rings is 2. The second-order valence-corrected chi connectivity index (χ2v) is 7.33. The number of carbonyl (C=O) groups is 2. The van der Waals surface area contributed by atoms with E-state index in [4.69, 9.17) is 0 Å². The summed E-state index contributed by atoms with van der Waals surface area (Å²) in [5.41, 5.74) is 2.07. The fourth-order valence-corrected chi connectivity index (χ4v) is 3.46. The number of para-hydroxylation sites is 1. The van der Waals surface area contributed by atoms with Crippen molar-refractivity contribution < 1.29 is 9.59 Å². The highest BCUT2D eigenvalue weighted by atomic mass is 79.9. The van der Waals surface area contributed by atoms with Crippen LogP contribution in [0.1, 0.15) is 12.6 Å². The van der Waals surface area contributed by atoms with Gasteiger partial charge >= 0.3 is 0 Å². The van der Waals surface area contributed by atoms with Crippen molar-refractivity contribution in [3.8, 4) is 0 Å². The maximum Gasteiger partial charge on any atom is 0.248 e. The van der Waals surface area contributed by atoms with Gasteiger partial charge in [-0.3, -0.25) is 14.5 Å². The first-order valence-corrected chi connectivity index (χ1v) is 9.76. The summed E-state index contributed by atoms with van der Waals surface area (Å²) in [6, 6.07) is 16.6. The second-order valence-electron chi connectivity index (χ2n) is 5.57. The fraction of sp³-hybridized carbons (Fsp3) is 0.0500. The van der Waals surface area contributed by atoms with E-state index >= 15 is 0 Å². The average molecular weight is 442 g/mol. The lowest BCUT2D eigenvalue weighted by Crippen LogP contribution is -2.22. The first kappa shape index (κ1) is 19.0. The Hall–Kier alpha value is -2.77. The Morgan fingerprint density at radius 3 is 2.48 bits per heavy atom. The molecule has 0 aliphatic rings. The van der Waals surface area contributed by atoms with Gasteiger partial charge in [-0.05, 0) is 42.5 Å².